The van der Waals surface area contributed by atoms with Crippen LogP contribution in [0.15, 0.2) is 78.9 Å². The molecule has 226 valence electrons. The molecule has 0 aliphatic heterocycles. The fraction of sp³-hybridized carbons (Fsp3) is 0.441. The zero-order valence-corrected chi connectivity index (χ0v) is 26.7. The number of methoxy groups -OCH3 is 2. The zero-order valence-electron chi connectivity index (χ0n) is 25.8. The van der Waals surface area contributed by atoms with Gasteiger partial charge in [-0.3, -0.25) is 0 Å². The number of nitriles is 1. The number of hydrogen-bond donors (Lipinski definition) is 0. The van der Waals surface area contributed by atoms with Crippen molar-refractivity contribution in [2.24, 2.45) is 0 Å². The summed E-state index contributed by atoms with van der Waals surface area (Å²) < 4.78 is 32.4. The highest BCUT2D eigenvalue weighted by atomic mass is 31.2. The third-order valence-electron chi connectivity index (χ3n) is 6.89. The fourth-order valence-corrected chi connectivity index (χ4v) is 6.59. The summed E-state index contributed by atoms with van der Waals surface area (Å²) in [5.74, 6) is 1.58. The van der Waals surface area contributed by atoms with Crippen molar-refractivity contribution in [2.45, 2.75) is 64.6 Å². The van der Waals surface area contributed by atoms with Crippen LogP contribution in [0.3, 0.4) is 0 Å². The van der Waals surface area contributed by atoms with Crippen molar-refractivity contribution >= 4 is 8.53 Å². The Morgan fingerprint density at radius 2 is 1.17 bits per heavy atom. The van der Waals surface area contributed by atoms with Crippen molar-refractivity contribution in [3.8, 4) is 17.6 Å². The van der Waals surface area contributed by atoms with Gasteiger partial charge in [-0.05, 0) is 81.5 Å². The largest absolute Gasteiger partial charge is 0.497 e. The van der Waals surface area contributed by atoms with Gasteiger partial charge in [0.25, 0.3) is 8.53 Å². The van der Waals surface area contributed by atoms with E-state index in [2.05, 4.69) is 74.8 Å². The average Bonchev–Trinajstić information content (AvgIpc) is 3.01. The topological polar surface area (TPSA) is 73.2 Å². The van der Waals surface area contributed by atoms with E-state index in [0.29, 0.717) is 26.2 Å². The lowest BCUT2D eigenvalue weighted by molar-refractivity contribution is 0.00939. The molecule has 42 heavy (non-hydrogen) atoms. The maximum absolute atomic E-state index is 8.97. The fourth-order valence-electron chi connectivity index (χ4n) is 4.96. The van der Waals surface area contributed by atoms with Gasteiger partial charge in [-0.1, -0.05) is 54.6 Å². The maximum Gasteiger partial charge on any atom is 0.259 e. The molecule has 3 aromatic carbocycles. The zero-order chi connectivity index (χ0) is 30.4. The Labute approximate surface area is 253 Å². The maximum atomic E-state index is 8.97. The molecule has 3 aromatic rings. The van der Waals surface area contributed by atoms with E-state index in [4.69, 9.17) is 28.5 Å². The number of benzene rings is 3. The van der Waals surface area contributed by atoms with E-state index in [-0.39, 0.29) is 12.1 Å². The summed E-state index contributed by atoms with van der Waals surface area (Å²) in [5, 5.41) is 8.97. The minimum Gasteiger partial charge on any atom is -0.497 e. The molecule has 0 heterocycles. The molecular formula is C34H45N2O5P. The predicted molar refractivity (Wildman–Crippen MR) is 169 cm³/mol. The lowest BCUT2D eigenvalue weighted by Crippen LogP contribution is -2.34. The van der Waals surface area contributed by atoms with Crippen LogP contribution in [0.2, 0.25) is 0 Å². The van der Waals surface area contributed by atoms with Crippen molar-refractivity contribution in [3.63, 3.8) is 0 Å². The SMILES string of the molecule is COc1ccc(C(OCCCCOP(OCCC#N)N(C(C)C)C(C)C)(c2ccccc2)c2ccc(OC)cc2)cc1. The molecule has 0 amide bonds. The second kappa shape index (κ2) is 17.2. The molecule has 3 rings (SSSR count). The van der Waals surface area contributed by atoms with Gasteiger partial charge >= 0.3 is 0 Å². The van der Waals surface area contributed by atoms with Crippen LogP contribution in [0.4, 0.5) is 0 Å². The molecule has 7 nitrogen and oxygen atoms in total. The highest BCUT2D eigenvalue weighted by molar-refractivity contribution is 7.44. The second-order valence-electron chi connectivity index (χ2n) is 10.4. The Morgan fingerprint density at radius 1 is 0.690 bits per heavy atom. The van der Waals surface area contributed by atoms with Crippen molar-refractivity contribution in [1.82, 2.24) is 4.67 Å². The second-order valence-corrected chi connectivity index (χ2v) is 11.9. The quantitative estimate of drug-likeness (QED) is 0.0840. The van der Waals surface area contributed by atoms with Crippen LogP contribution >= 0.6 is 8.53 Å². The van der Waals surface area contributed by atoms with Gasteiger partial charge in [0, 0.05) is 18.7 Å². The van der Waals surface area contributed by atoms with E-state index in [1.165, 1.54) is 0 Å². The summed E-state index contributed by atoms with van der Waals surface area (Å²) in [5.41, 5.74) is 2.22. The first-order valence-electron chi connectivity index (χ1n) is 14.6. The van der Waals surface area contributed by atoms with Gasteiger partial charge in [-0.25, -0.2) is 4.67 Å². The smallest absolute Gasteiger partial charge is 0.259 e. The standard InChI is InChI=1S/C34H45N2O5P/c1-27(2)36(28(3)4)42(41-26-12-23-35)40-25-11-10-24-39-34(29-13-8-7-9-14-29,30-15-19-32(37-5)20-16-30)31-17-21-33(38-6)22-18-31/h7-9,13-22,27-28H,10-12,24-26H2,1-6H3. The third-order valence-corrected chi connectivity index (χ3v) is 9.00. The summed E-state index contributed by atoms with van der Waals surface area (Å²) in [6.45, 7) is 9.99. The predicted octanol–water partition coefficient (Wildman–Crippen LogP) is 8.09. The van der Waals surface area contributed by atoms with E-state index >= 15 is 0 Å². The molecule has 0 aliphatic rings. The molecule has 0 N–H and O–H groups in total. The average molecular weight is 593 g/mol. The lowest BCUT2D eigenvalue weighted by Gasteiger charge is -2.36. The molecule has 0 spiro atoms. The monoisotopic (exact) mass is 592 g/mol. The molecule has 0 saturated carbocycles. The van der Waals surface area contributed by atoms with Crippen LogP contribution in [0, 0.1) is 11.3 Å². The van der Waals surface area contributed by atoms with Crippen molar-refractivity contribution in [1.29, 1.82) is 5.26 Å². The molecule has 8 heteroatoms. The minimum absolute atomic E-state index is 0.266. The molecule has 0 aromatic heterocycles. The van der Waals surface area contributed by atoms with Crippen LogP contribution in [-0.4, -0.2) is 50.8 Å². The Hall–Kier alpha value is -2.98. The third kappa shape index (κ3) is 8.77. The first-order valence-corrected chi connectivity index (χ1v) is 15.7. The molecule has 0 bridgehead atoms. The Bertz CT molecular complexity index is 1160. The van der Waals surface area contributed by atoms with Gasteiger partial charge < -0.3 is 23.3 Å². The molecule has 0 aliphatic carbocycles. The number of rotatable bonds is 18. The Kier molecular flexibility index (Phi) is 13.7. The molecular weight excluding hydrogens is 547 g/mol. The van der Waals surface area contributed by atoms with Gasteiger partial charge in [0.2, 0.25) is 0 Å². The number of nitrogens with zero attached hydrogens (tertiary/aromatic N) is 2. The highest BCUT2D eigenvalue weighted by Gasteiger charge is 2.37. The summed E-state index contributed by atoms with van der Waals surface area (Å²) in [6.07, 6.45) is 1.95. The minimum atomic E-state index is -1.26. The van der Waals surface area contributed by atoms with Crippen molar-refractivity contribution in [2.75, 3.05) is 34.0 Å². The van der Waals surface area contributed by atoms with Crippen LogP contribution in [0.1, 0.15) is 63.6 Å². The lowest BCUT2D eigenvalue weighted by atomic mass is 9.80. The number of unbranched alkanes of at least 4 members (excludes halogenated alkanes) is 1. The van der Waals surface area contributed by atoms with E-state index < -0.39 is 14.1 Å². The Morgan fingerprint density at radius 3 is 1.64 bits per heavy atom. The van der Waals surface area contributed by atoms with Gasteiger partial charge in [0.1, 0.15) is 17.1 Å². The van der Waals surface area contributed by atoms with E-state index in [1.807, 2.05) is 42.5 Å². The molecule has 0 radical (unpaired) electrons. The summed E-state index contributed by atoms with van der Waals surface area (Å²) in [4.78, 5) is 0. The van der Waals surface area contributed by atoms with Crippen LogP contribution in [0.25, 0.3) is 0 Å². The molecule has 0 fully saturated rings. The molecule has 1 atom stereocenters. The van der Waals surface area contributed by atoms with Gasteiger partial charge in [0.05, 0.1) is 39.9 Å². The van der Waals surface area contributed by atoms with Gasteiger partial charge in [-0.2, -0.15) is 5.26 Å². The van der Waals surface area contributed by atoms with E-state index in [0.717, 1.165) is 41.0 Å². The van der Waals surface area contributed by atoms with Crippen LogP contribution in [0.5, 0.6) is 11.5 Å². The van der Waals surface area contributed by atoms with E-state index in [1.54, 1.807) is 14.2 Å². The van der Waals surface area contributed by atoms with Gasteiger partial charge in [0.15, 0.2) is 0 Å². The van der Waals surface area contributed by atoms with Crippen LogP contribution < -0.4 is 9.47 Å². The van der Waals surface area contributed by atoms with Crippen molar-refractivity contribution < 1.29 is 23.3 Å². The summed E-state index contributed by atoms with van der Waals surface area (Å²) >= 11 is 0. The van der Waals surface area contributed by atoms with Crippen molar-refractivity contribution in [3.05, 3.63) is 95.6 Å². The van der Waals surface area contributed by atoms with E-state index in [9.17, 15) is 0 Å². The summed E-state index contributed by atoms with van der Waals surface area (Å²) in [6, 6.07) is 29.1. The summed E-state index contributed by atoms with van der Waals surface area (Å²) in [7, 11) is 2.08. The Balaban J connectivity index is 1.81. The number of ether oxygens (including phenoxy) is 3. The number of hydrogen-bond acceptors (Lipinski definition) is 7. The molecule has 1 unspecified atom stereocenters. The van der Waals surface area contributed by atoms with Crippen LogP contribution in [-0.2, 0) is 19.4 Å². The normalized spacial score (nSPS) is 12.5. The first-order chi connectivity index (χ1) is 20.4. The van der Waals surface area contributed by atoms with Gasteiger partial charge in [-0.15, -0.1) is 0 Å². The first kappa shape index (κ1) is 33.5. The molecule has 0 saturated heterocycles. The highest BCUT2D eigenvalue weighted by Crippen LogP contribution is 2.46.